The van der Waals surface area contributed by atoms with E-state index in [0.717, 1.165) is 41.9 Å². The lowest BCUT2D eigenvalue weighted by Gasteiger charge is -2.49. The van der Waals surface area contributed by atoms with Gasteiger partial charge in [-0.1, -0.05) is 11.2 Å². The van der Waals surface area contributed by atoms with E-state index >= 15 is 0 Å². The van der Waals surface area contributed by atoms with Crippen LogP contribution < -0.4 is 16.0 Å². The van der Waals surface area contributed by atoms with Crippen LogP contribution in [-0.2, 0) is 28.8 Å². The van der Waals surface area contributed by atoms with Gasteiger partial charge in [0.1, 0.15) is 36.3 Å². The molecule has 2 atom stereocenters. The van der Waals surface area contributed by atoms with Crippen molar-refractivity contribution < 1.29 is 33.9 Å². The van der Waals surface area contributed by atoms with E-state index in [0.29, 0.717) is 24.4 Å². The zero-order valence-corrected chi connectivity index (χ0v) is 23.1. The number of amides is 3. The number of pyridine rings is 1. The summed E-state index contributed by atoms with van der Waals surface area (Å²) >= 11 is 1.13. The Morgan fingerprint density at radius 2 is 2.07 bits per heavy atom. The van der Waals surface area contributed by atoms with E-state index in [1.54, 1.807) is 29.8 Å². The Morgan fingerprint density at radius 3 is 2.76 bits per heavy atom. The lowest BCUT2D eigenvalue weighted by atomic mass is 9.92. The van der Waals surface area contributed by atoms with Crippen LogP contribution in [0.5, 0.6) is 0 Å². The van der Waals surface area contributed by atoms with Crippen LogP contribution in [-0.4, -0.2) is 80.7 Å². The standard InChI is InChI=1S/C27H27N7O7S/c28-27-30-16(13-42-27)20(32-41-15-5-1-2-6-15)23(35)31-21-17-12-40-18(22(26(38)39)34(17)25(21)37)11-14-8-10-33(24(14)36)19-7-3-4-9-29-19/h3-4,7,9,11,13,15,17,21H,1-2,5-6,8,10,12H2,(H2,28,30)(H,31,35)(H,38,39)/b14-11+,32-20-/t17-,21+/m1/s1. The number of nitrogens with one attached hydrogen (secondary N) is 1. The Balaban J connectivity index is 1.20. The number of nitrogens with two attached hydrogens (primary N) is 1. The normalized spacial score (nSPS) is 23.6. The number of nitrogen functional groups attached to an aromatic ring is 1. The SMILES string of the molecule is Nc1nc(/C(=N/OC2CCCC2)C(=O)N[C@@H]2C(=O)N3C(C(=O)O)=C(/C=C4\CCN(c5ccccn5)C4=O)OC[C@H]23)cs1. The van der Waals surface area contributed by atoms with Crippen molar-refractivity contribution in [1.82, 2.24) is 20.2 Å². The maximum atomic E-state index is 13.3. The van der Waals surface area contributed by atoms with Gasteiger partial charge < -0.3 is 25.7 Å². The number of nitrogens with zero attached hydrogens (tertiary/aromatic N) is 5. The zero-order chi connectivity index (χ0) is 29.4. The van der Waals surface area contributed by atoms with Crippen molar-refractivity contribution in [3.05, 3.63) is 58.6 Å². The summed E-state index contributed by atoms with van der Waals surface area (Å²) in [4.78, 5) is 68.3. The van der Waals surface area contributed by atoms with Crippen molar-refractivity contribution in [1.29, 1.82) is 0 Å². The fourth-order valence-electron chi connectivity index (χ4n) is 5.40. The van der Waals surface area contributed by atoms with Gasteiger partial charge in [0.05, 0.1) is 0 Å². The van der Waals surface area contributed by atoms with Crippen LogP contribution in [0, 0.1) is 0 Å². The third-order valence-electron chi connectivity index (χ3n) is 7.52. The highest BCUT2D eigenvalue weighted by Crippen LogP contribution is 2.35. The molecule has 42 heavy (non-hydrogen) atoms. The van der Waals surface area contributed by atoms with Crippen molar-refractivity contribution in [2.45, 2.75) is 50.3 Å². The first-order valence-electron chi connectivity index (χ1n) is 13.4. The Kier molecular flexibility index (Phi) is 7.33. The number of oxime groups is 1. The molecule has 2 aromatic rings. The molecule has 6 rings (SSSR count). The first-order chi connectivity index (χ1) is 20.3. The van der Waals surface area contributed by atoms with Crippen molar-refractivity contribution in [3.8, 4) is 0 Å². The molecule has 4 aliphatic rings. The molecule has 0 unspecified atom stereocenters. The maximum absolute atomic E-state index is 13.3. The molecule has 5 heterocycles. The first kappa shape index (κ1) is 27.4. The van der Waals surface area contributed by atoms with Crippen LogP contribution >= 0.6 is 11.3 Å². The number of hydrogen-bond acceptors (Lipinski definition) is 11. The molecule has 3 amide bonds. The molecule has 2 aromatic heterocycles. The summed E-state index contributed by atoms with van der Waals surface area (Å²) in [5, 5.41) is 18.5. The topological polar surface area (TPSA) is 190 Å². The first-order valence-corrected chi connectivity index (χ1v) is 14.3. The van der Waals surface area contributed by atoms with Crippen LogP contribution in [0.1, 0.15) is 37.8 Å². The van der Waals surface area contributed by atoms with Gasteiger partial charge in [-0.15, -0.1) is 11.3 Å². The molecule has 0 spiro atoms. The minimum absolute atomic E-state index is 0.0978. The summed E-state index contributed by atoms with van der Waals surface area (Å²) in [6, 6.07) is 3.36. The number of hydrogen-bond donors (Lipinski definition) is 3. The molecular weight excluding hydrogens is 566 g/mol. The van der Waals surface area contributed by atoms with E-state index in [-0.39, 0.29) is 40.9 Å². The third-order valence-corrected chi connectivity index (χ3v) is 8.20. The molecule has 0 bridgehead atoms. The number of aromatic nitrogens is 2. The number of rotatable bonds is 8. The van der Waals surface area contributed by atoms with Gasteiger partial charge in [-0.05, 0) is 50.3 Å². The van der Waals surface area contributed by atoms with Crippen LogP contribution in [0.25, 0.3) is 0 Å². The molecule has 1 aliphatic carbocycles. The Labute approximate surface area is 243 Å². The van der Waals surface area contributed by atoms with Crippen molar-refractivity contribution in [3.63, 3.8) is 0 Å². The quantitative estimate of drug-likeness (QED) is 0.173. The molecule has 3 aliphatic heterocycles. The number of carboxylic acids is 1. The second-order valence-electron chi connectivity index (χ2n) is 10.1. The minimum Gasteiger partial charge on any atom is -0.489 e. The summed E-state index contributed by atoms with van der Waals surface area (Å²) < 4.78 is 5.77. The summed E-state index contributed by atoms with van der Waals surface area (Å²) in [6.07, 6.45) is 6.83. The van der Waals surface area contributed by atoms with Crippen molar-refractivity contribution >= 4 is 51.7 Å². The van der Waals surface area contributed by atoms with Crippen LogP contribution in [0.3, 0.4) is 0 Å². The van der Waals surface area contributed by atoms with Gasteiger partial charge in [0, 0.05) is 23.7 Å². The molecular formula is C27H27N7O7S. The number of aliphatic carboxylic acids is 1. The lowest BCUT2D eigenvalue weighted by molar-refractivity contribution is -0.159. The van der Waals surface area contributed by atoms with Gasteiger partial charge in [0.15, 0.2) is 22.3 Å². The molecule has 0 radical (unpaired) electrons. The van der Waals surface area contributed by atoms with E-state index in [2.05, 4.69) is 20.4 Å². The van der Waals surface area contributed by atoms with Gasteiger partial charge >= 0.3 is 5.97 Å². The van der Waals surface area contributed by atoms with E-state index in [9.17, 15) is 24.3 Å². The fourth-order valence-corrected chi connectivity index (χ4v) is 5.95. The summed E-state index contributed by atoms with van der Waals surface area (Å²) in [5.74, 6) is -2.69. The second kappa shape index (κ2) is 11.2. The van der Waals surface area contributed by atoms with E-state index in [4.69, 9.17) is 15.3 Å². The van der Waals surface area contributed by atoms with Gasteiger partial charge in [0.2, 0.25) is 0 Å². The van der Waals surface area contributed by atoms with Gasteiger partial charge in [-0.3, -0.25) is 24.2 Å². The highest BCUT2D eigenvalue weighted by atomic mass is 32.1. The maximum Gasteiger partial charge on any atom is 0.356 e. The predicted octanol–water partition coefficient (Wildman–Crippen LogP) is 1.17. The van der Waals surface area contributed by atoms with Gasteiger partial charge in [-0.25, -0.2) is 14.8 Å². The number of allylic oxidation sites excluding steroid dienone is 1. The second-order valence-corrected chi connectivity index (χ2v) is 11.0. The molecule has 218 valence electrons. The number of carboxylic acid groups (broad SMARTS) is 1. The Bertz CT molecular complexity index is 1530. The third kappa shape index (κ3) is 5.06. The number of fused-ring (bicyclic) bond motifs is 1. The highest BCUT2D eigenvalue weighted by Gasteiger charge is 2.55. The predicted molar refractivity (Wildman–Crippen MR) is 149 cm³/mol. The van der Waals surface area contributed by atoms with Crippen molar-refractivity contribution in [2.24, 2.45) is 5.16 Å². The number of ether oxygens (including phenoxy) is 1. The molecule has 2 saturated heterocycles. The molecule has 0 aromatic carbocycles. The highest BCUT2D eigenvalue weighted by molar-refractivity contribution is 7.13. The number of anilines is 2. The number of β-lactam (4-membered cyclic amide) rings is 1. The molecule has 14 nitrogen and oxygen atoms in total. The minimum atomic E-state index is -1.40. The Hall–Kier alpha value is -4.79. The van der Waals surface area contributed by atoms with E-state index < -0.39 is 35.6 Å². The summed E-state index contributed by atoms with van der Waals surface area (Å²) in [6.45, 7) is 0.273. The average molecular weight is 594 g/mol. The van der Waals surface area contributed by atoms with E-state index in [1.165, 1.54) is 11.0 Å². The van der Waals surface area contributed by atoms with Gasteiger partial charge in [0.25, 0.3) is 17.7 Å². The number of thiazole rings is 1. The lowest BCUT2D eigenvalue weighted by Crippen LogP contribution is -2.73. The zero-order valence-electron chi connectivity index (χ0n) is 22.3. The molecule has 4 N–H and O–H groups in total. The average Bonchev–Trinajstić information content (AvgIpc) is 3.74. The molecule has 15 heteroatoms. The fraction of sp³-hybridized carbons (Fsp3) is 0.370. The molecule has 1 saturated carbocycles. The van der Waals surface area contributed by atoms with Crippen LogP contribution in [0.4, 0.5) is 10.9 Å². The summed E-state index contributed by atoms with van der Waals surface area (Å²) in [7, 11) is 0. The smallest absolute Gasteiger partial charge is 0.356 e. The van der Waals surface area contributed by atoms with Crippen LogP contribution in [0.2, 0.25) is 0 Å². The van der Waals surface area contributed by atoms with Gasteiger partial charge in [-0.2, -0.15) is 0 Å². The molecule has 3 fully saturated rings. The van der Waals surface area contributed by atoms with Crippen LogP contribution in [0.15, 0.2) is 58.0 Å². The monoisotopic (exact) mass is 593 g/mol. The number of carbonyl (C=O) groups is 4. The number of carbonyl (C=O) groups excluding carboxylic acids is 3. The largest absolute Gasteiger partial charge is 0.489 e. The van der Waals surface area contributed by atoms with Crippen molar-refractivity contribution in [2.75, 3.05) is 23.8 Å². The Morgan fingerprint density at radius 1 is 1.26 bits per heavy atom. The summed E-state index contributed by atoms with van der Waals surface area (Å²) in [5.41, 5.74) is 5.76. The van der Waals surface area contributed by atoms with E-state index in [1.807, 2.05) is 0 Å².